The van der Waals surface area contributed by atoms with Crippen molar-refractivity contribution >= 4 is 11.8 Å². The molecule has 152 valence electrons. The molecule has 2 fully saturated rings. The van der Waals surface area contributed by atoms with Gasteiger partial charge in [-0.25, -0.2) is 4.39 Å². The van der Waals surface area contributed by atoms with Crippen molar-refractivity contribution < 1.29 is 14.0 Å². The van der Waals surface area contributed by atoms with Crippen LogP contribution < -0.4 is 5.32 Å². The van der Waals surface area contributed by atoms with Gasteiger partial charge in [0.1, 0.15) is 11.9 Å². The van der Waals surface area contributed by atoms with Gasteiger partial charge in [0.05, 0.1) is 6.04 Å². The van der Waals surface area contributed by atoms with Gasteiger partial charge in [-0.15, -0.1) is 0 Å². The Kier molecular flexibility index (Phi) is 5.39. The molecule has 0 radical (unpaired) electrons. The van der Waals surface area contributed by atoms with Gasteiger partial charge in [-0.1, -0.05) is 42.5 Å². The lowest BCUT2D eigenvalue weighted by Gasteiger charge is -2.29. The smallest absolute Gasteiger partial charge is 0.243 e. The largest absolute Gasteiger partial charge is 0.343 e. The van der Waals surface area contributed by atoms with E-state index < -0.39 is 12.1 Å². The van der Waals surface area contributed by atoms with Gasteiger partial charge < -0.3 is 10.2 Å². The highest BCUT2D eigenvalue weighted by Crippen LogP contribution is 2.42. The Labute approximate surface area is 171 Å². The number of carbonyl (C=O) groups excluding carboxylic acids is 2. The van der Waals surface area contributed by atoms with E-state index in [-0.39, 0.29) is 23.7 Å². The second kappa shape index (κ2) is 7.97. The van der Waals surface area contributed by atoms with Crippen LogP contribution in [0.4, 0.5) is 4.39 Å². The van der Waals surface area contributed by atoms with Gasteiger partial charge in [0, 0.05) is 13.0 Å². The number of hydrogen-bond donors (Lipinski definition) is 1. The van der Waals surface area contributed by atoms with E-state index in [1.54, 1.807) is 11.0 Å². The summed E-state index contributed by atoms with van der Waals surface area (Å²) in [5.41, 5.74) is 2.37. The molecule has 2 amide bonds. The number of halogens is 1. The van der Waals surface area contributed by atoms with Crippen LogP contribution in [0.15, 0.2) is 48.5 Å². The Morgan fingerprint density at radius 2 is 1.76 bits per heavy atom. The molecule has 1 N–H and O–H groups in total. The fraction of sp³-hybridized carbons (Fsp3) is 0.417. The zero-order valence-electron chi connectivity index (χ0n) is 16.9. The first-order valence-corrected chi connectivity index (χ1v) is 10.4. The molecule has 1 heterocycles. The minimum atomic E-state index is -0.482. The second-order valence-electron chi connectivity index (χ2n) is 8.28. The van der Waals surface area contributed by atoms with Gasteiger partial charge in [-0.3, -0.25) is 9.59 Å². The molecule has 29 heavy (non-hydrogen) atoms. The molecule has 2 aliphatic rings. The lowest BCUT2D eigenvalue weighted by atomic mass is 9.96. The lowest BCUT2D eigenvalue weighted by molar-refractivity contribution is -0.138. The highest BCUT2D eigenvalue weighted by atomic mass is 19.1. The van der Waals surface area contributed by atoms with E-state index in [1.807, 2.05) is 49.4 Å². The third-order valence-electron chi connectivity index (χ3n) is 6.13. The maximum Gasteiger partial charge on any atom is 0.243 e. The standard InChI is InChI=1S/C24H27FN2O2/c1-15-8-13-22(27(15)16(2)28)24(29)26-23(18-6-4-3-5-7-18)19-11-12-20(17-9-10-17)21(25)14-19/h3-7,11-12,14-15,17,22-23H,8-10,13H2,1-2H3,(H,26,29)/t15-,22-,23-/m0/s1. The van der Waals surface area contributed by atoms with Crippen molar-refractivity contribution in [3.8, 4) is 0 Å². The number of nitrogens with one attached hydrogen (secondary N) is 1. The van der Waals surface area contributed by atoms with Gasteiger partial charge in [0.25, 0.3) is 0 Å². The molecule has 1 aliphatic carbocycles. The zero-order valence-corrected chi connectivity index (χ0v) is 16.9. The van der Waals surface area contributed by atoms with Crippen LogP contribution in [-0.4, -0.2) is 28.8 Å². The third-order valence-corrected chi connectivity index (χ3v) is 6.13. The van der Waals surface area contributed by atoms with Gasteiger partial charge >= 0.3 is 0 Å². The summed E-state index contributed by atoms with van der Waals surface area (Å²) >= 11 is 0. The van der Waals surface area contributed by atoms with Gasteiger partial charge in [0.15, 0.2) is 0 Å². The Morgan fingerprint density at radius 1 is 1.03 bits per heavy atom. The molecular formula is C24H27FN2O2. The first kappa shape index (κ1) is 19.6. The van der Waals surface area contributed by atoms with Crippen molar-refractivity contribution in [3.63, 3.8) is 0 Å². The molecule has 4 rings (SSSR count). The van der Waals surface area contributed by atoms with Gasteiger partial charge in [-0.2, -0.15) is 0 Å². The molecule has 2 aromatic carbocycles. The van der Waals surface area contributed by atoms with Crippen LogP contribution in [0.3, 0.4) is 0 Å². The number of carbonyl (C=O) groups is 2. The predicted molar refractivity (Wildman–Crippen MR) is 110 cm³/mol. The Hall–Kier alpha value is -2.69. The van der Waals surface area contributed by atoms with Crippen LogP contribution in [0.25, 0.3) is 0 Å². The van der Waals surface area contributed by atoms with E-state index in [2.05, 4.69) is 5.32 Å². The molecule has 3 atom stereocenters. The summed E-state index contributed by atoms with van der Waals surface area (Å²) < 4.78 is 14.7. The topological polar surface area (TPSA) is 49.4 Å². The molecule has 2 aromatic rings. The Balaban J connectivity index is 1.62. The Bertz CT molecular complexity index is 910. The van der Waals surface area contributed by atoms with Crippen LogP contribution in [0, 0.1) is 5.82 Å². The maximum absolute atomic E-state index is 14.7. The molecule has 1 aliphatic heterocycles. The normalized spacial score (nSPS) is 22.4. The van der Waals surface area contributed by atoms with Crippen molar-refractivity contribution in [3.05, 3.63) is 71.0 Å². The minimum Gasteiger partial charge on any atom is -0.343 e. The molecule has 1 saturated heterocycles. The van der Waals surface area contributed by atoms with Crippen molar-refractivity contribution in [1.29, 1.82) is 0 Å². The molecule has 0 spiro atoms. The van der Waals surface area contributed by atoms with E-state index in [4.69, 9.17) is 0 Å². The fourth-order valence-corrected chi connectivity index (χ4v) is 4.46. The van der Waals surface area contributed by atoms with E-state index in [0.717, 1.165) is 30.4 Å². The molecular weight excluding hydrogens is 367 g/mol. The van der Waals surface area contributed by atoms with Gasteiger partial charge in [-0.05, 0) is 61.3 Å². The number of nitrogens with zero attached hydrogens (tertiary/aromatic N) is 1. The SMILES string of the molecule is CC(=O)N1[C@@H](C)CC[C@H]1C(=O)N[C@@H](c1ccccc1)c1ccc(C2CC2)c(F)c1. The van der Waals surface area contributed by atoms with Gasteiger partial charge in [0.2, 0.25) is 11.8 Å². The van der Waals surface area contributed by atoms with Crippen molar-refractivity contribution in [2.24, 2.45) is 0 Å². The average molecular weight is 394 g/mol. The lowest BCUT2D eigenvalue weighted by Crippen LogP contribution is -2.48. The molecule has 0 aromatic heterocycles. The fourth-order valence-electron chi connectivity index (χ4n) is 4.46. The summed E-state index contributed by atoms with van der Waals surface area (Å²) in [4.78, 5) is 26.8. The summed E-state index contributed by atoms with van der Waals surface area (Å²) in [5.74, 6) is -0.158. The quantitative estimate of drug-likeness (QED) is 0.822. The number of benzene rings is 2. The van der Waals surface area contributed by atoms with Crippen LogP contribution in [0.1, 0.15) is 68.2 Å². The van der Waals surface area contributed by atoms with Crippen LogP contribution in [-0.2, 0) is 9.59 Å². The monoisotopic (exact) mass is 394 g/mol. The van der Waals surface area contributed by atoms with Crippen LogP contribution in [0.5, 0.6) is 0 Å². The van der Waals surface area contributed by atoms with E-state index >= 15 is 0 Å². The summed E-state index contributed by atoms with van der Waals surface area (Å²) in [6, 6.07) is 14.0. The predicted octanol–water partition coefficient (Wildman–Crippen LogP) is 4.31. The molecule has 1 saturated carbocycles. The number of hydrogen-bond acceptors (Lipinski definition) is 2. The number of likely N-dealkylation sites (tertiary alicyclic amines) is 1. The summed E-state index contributed by atoms with van der Waals surface area (Å²) in [7, 11) is 0. The van der Waals surface area contributed by atoms with Crippen molar-refractivity contribution in [2.45, 2.75) is 63.6 Å². The second-order valence-corrected chi connectivity index (χ2v) is 8.28. The minimum absolute atomic E-state index is 0.0497. The highest BCUT2D eigenvalue weighted by Gasteiger charge is 2.38. The third kappa shape index (κ3) is 4.04. The van der Waals surface area contributed by atoms with Crippen LogP contribution in [0.2, 0.25) is 0 Å². The number of amides is 2. The summed E-state index contributed by atoms with van der Waals surface area (Å²) in [6.45, 7) is 3.47. The van der Waals surface area contributed by atoms with E-state index in [9.17, 15) is 14.0 Å². The first-order chi connectivity index (χ1) is 14.0. The van der Waals surface area contributed by atoms with Crippen molar-refractivity contribution in [2.75, 3.05) is 0 Å². The molecule has 0 unspecified atom stereocenters. The van der Waals surface area contributed by atoms with E-state index in [0.29, 0.717) is 17.9 Å². The Morgan fingerprint density at radius 3 is 2.38 bits per heavy atom. The number of rotatable bonds is 5. The molecule has 4 nitrogen and oxygen atoms in total. The van der Waals surface area contributed by atoms with E-state index in [1.165, 1.54) is 6.92 Å². The molecule has 0 bridgehead atoms. The summed E-state index contributed by atoms with van der Waals surface area (Å²) in [6.07, 6.45) is 3.52. The first-order valence-electron chi connectivity index (χ1n) is 10.4. The highest BCUT2D eigenvalue weighted by molar-refractivity contribution is 5.88. The maximum atomic E-state index is 14.7. The average Bonchev–Trinajstić information content (AvgIpc) is 3.47. The van der Waals surface area contributed by atoms with Crippen molar-refractivity contribution in [1.82, 2.24) is 10.2 Å². The van der Waals surface area contributed by atoms with Crippen LogP contribution >= 0.6 is 0 Å². The molecule has 5 heteroatoms. The zero-order chi connectivity index (χ0) is 20.5. The summed E-state index contributed by atoms with van der Waals surface area (Å²) in [5, 5.41) is 3.09.